The third-order valence-corrected chi connectivity index (χ3v) is 6.35. The lowest BCUT2D eigenvalue weighted by molar-refractivity contribution is 0.428. The van der Waals surface area contributed by atoms with Gasteiger partial charge >= 0.3 is 0 Å². The molecule has 1 fully saturated rings. The summed E-state index contributed by atoms with van der Waals surface area (Å²) in [5.74, 6) is 1.22. The first-order chi connectivity index (χ1) is 11.8. The molecule has 4 heteroatoms. The summed E-state index contributed by atoms with van der Waals surface area (Å²) in [4.78, 5) is 4.06. The van der Waals surface area contributed by atoms with E-state index in [-0.39, 0.29) is 0 Å². The van der Waals surface area contributed by atoms with Crippen molar-refractivity contribution in [2.45, 2.75) is 36.7 Å². The zero-order chi connectivity index (χ0) is 16.4. The summed E-state index contributed by atoms with van der Waals surface area (Å²) in [6.07, 6.45) is 3.60. The number of hydrogen-bond donors (Lipinski definition) is 1. The molecule has 2 aliphatic rings. The number of rotatable bonds is 4. The first-order valence-corrected chi connectivity index (χ1v) is 10.1. The Morgan fingerprint density at radius 3 is 2.83 bits per heavy atom. The van der Waals surface area contributed by atoms with Gasteiger partial charge in [-0.25, -0.2) is 0 Å². The Hall–Kier alpha value is -1.16. The molecule has 1 N–H and O–H groups in total. The highest BCUT2D eigenvalue weighted by Gasteiger charge is 2.23. The number of anilines is 1. The summed E-state index contributed by atoms with van der Waals surface area (Å²) in [7, 11) is 0. The molecule has 24 heavy (non-hydrogen) atoms. The Kier molecular flexibility index (Phi) is 5.02. The molecule has 2 aromatic rings. The third kappa shape index (κ3) is 3.58. The number of aryl methyl sites for hydroxylation is 1. The first kappa shape index (κ1) is 16.3. The average molecular weight is 359 g/mol. The zero-order valence-corrected chi connectivity index (χ0v) is 15.4. The van der Waals surface area contributed by atoms with Gasteiger partial charge < -0.3 is 10.2 Å². The monoisotopic (exact) mass is 358 g/mol. The van der Waals surface area contributed by atoms with E-state index in [1.807, 2.05) is 17.8 Å². The molecule has 4 rings (SSSR count). The zero-order valence-electron chi connectivity index (χ0n) is 13.8. The number of nitrogens with one attached hydrogen (secondary N) is 1. The molecule has 2 heterocycles. The van der Waals surface area contributed by atoms with Crippen molar-refractivity contribution in [3.05, 3.63) is 58.6 Å². The first-order valence-electron chi connectivity index (χ1n) is 8.77. The fourth-order valence-electron chi connectivity index (χ4n) is 3.73. The Labute approximate surface area is 153 Å². The van der Waals surface area contributed by atoms with Crippen LogP contribution in [0.2, 0.25) is 5.02 Å². The van der Waals surface area contributed by atoms with Crippen molar-refractivity contribution < 1.29 is 0 Å². The molecule has 0 radical (unpaired) electrons. The van der Waals surface area contributed by atoms with Crippen molar-refractivity contribution in [2.75, 3.05) is 23.7 Å². The topological polar surface area (TPSA) is 15.3 Å². The predicted molar refractivity (Wildman–Crippen MR) is 104 cm³/mol. The molecule has 2 aliphatic heterocycles. The Morgan fingerprint density at radius 2 is 2.00 bits per heavy atom. The minimum atomic E-state index is 0.595. The molecule has 0 saturated carbocycles. The largest absolute Gasteiger partial charge is 0.364 e. The highest BCUT2D eigenvalue weighted by molar-refractivity contribution is 7.99. The van der Waals surface area contributed by atoms with Crippen LogP contribution in [0.15, 0.2) is 47.4 Å². The van der Waals surface area contributed by atoms with Crippen LogP contribution in [0, 0.1) is 0 Å². The molecule has 0 bridgehead atoms. The number of piperidine rings is 1. The summed E-state index contributed by atoms with van der Waals surface area (Å²) < 4.78 is 0. The van der Waals surface area contributed by atoms with Crippen LogP contribution in [0.3, 0.4) is 0 Å². The number of fused-ring (bicyclic) bond motifs is 1. The second kappa shape index (κ2) is 7.38. The standard InChI is InChI=1S/C20H23ClN2S/c21-17-3-1-2-15(12-17)14-23(18-6-9-22-10-7-18)19-4-5-20-16(13-19)8-11-24-20/h1-5,12-13,18,22H,6-11,14H2. The van der Waals surface area contributed by atoms with Gasteiger partial charge in [0.15, 0.2) is 0 Å². The van der Waals surface area contributed by atoms with Crippen LogP contribution in [-0.4, -0.2) is 24.9 Å². The summed E-state index contributed by atoms with van der Waals surface area (Å²) >= 11 is 8.19. The van der Waals surface area contributed by atoms with Gasteiger partial charge in [-0.2, -0.15) is 0 Å². The second-order valence-electron chi connectivity index (χ2n) is 6.63. The molecule has 1 saturated heterocycles. The number of thioether (sulfide) groups is 1. The number of hydrogen-bond acceptors (Lipinski definition) is 3. The van der Waals surface area contributed by atoms with Crippen molar-refractivity contribution in [1.29, 1.82) is 0 Å². The van der Waals surface area contributed by atoms with Crippen LogP contribution in [-0.2, 0) is 13.0 Å². The van der Waals surface area contributed by atoms with Crippen molar-refractivity contribution in [3.63, 3.8) is 0 Å². The Balaban J connectivity index is 1.64. The van der Waals surface area contributed by atoms with Gasteiger partial charge in [-0.1, -0.05) is 23.7 Å². The molecule has 0 aromatic heterocycles. The van der Waals surface area contributed by atoms with Crippen molar-refractivity contribution in [1.82, 2.24) is 5.32 Å². The SMILES string of the molecule is Clc1cccc(CN(c2ccc3c(c2)CCS3)C2CCNCC2)c1. The normalized spacial score (nSPS) is 17.7. The van der Waals surface area contributed by atoms with Crippen LogP contribution in [0.4, 0.5) is 5.69 Å². The smallest absolute Gasteiger partial charge is 0.0433 e. The fraction of sp³-hybridized carbons (Fsp3) is 0.400. The van der Waals surface area contributed by atoms with Gasteiger partial charge in [-0.05, 0) is 73.8 Å². The molecule has 0 amide bonds. The van der Waals surface area contributed by atoms with Gasteiger partial charge in [-0.3, -0.25) is 0 Å². The van der Waals surface area contributed by atoms with Crippen molar-refractivity contribution in [2.24, 2.45) is 0 Å². The highest BCUT2D eigenvalue weighted by atomic mass is 35.5. The molecule has 0 unspecified atom stereocenters. The molecule has 0 spiro atoms. The number of halogens is 1. The van der Waals surface area contributed by atoms with E-state index < -0.39 is 0 Å². The minimum Gasteiger partial charge on any atom is -0.364 e. The minimum absolute atomic E-state index is 0.595. The van der Waals surface area contributed by atoms with Crippen molar-refractivity contribution in [3.8, 4) is 0 Å². The van der Waals surface area contributed by atoms with E-state index in [0.29, 0.717) is 6.04 Å². The van der Waals surface area contributed by atoms with Crippen LogP contribution >= 0.6 is 23.4 Å². The van der Waals surface area contributed by atoms with Crippen molar-refractivity contribution >= 4 is 29.1 Å². The van der Waals surface area contributed by atoms with Gasteiger partial charge in [0.1, 0.15) is 0 Å². The van der Waals surface area contributed by atoms with E-state index in [2.05, 4.69) is 46.6 Å². The van der Waals surface area contributed by atoms with E-state index in [0.717, 1.165) is 24.7 Å². The van der Waals surface area contributed by atoms with Gasteiger partial charge in [0.25, 0.3) is 0 Å². The maximum Gasteiger partial charge on any atom is 0.0433 e. The molecular weight excluding hydrogens is 336 g/mol. The van der Waals surface area contributed by atoms with E-state index >= 15 is 0 Å². The molecule has 2 nitrogen and oxygen atoms in total. The number of benzene rings is 2. The van der Waals surface area contributed by atoms with Gasteiger partial charge in [-0.15, -0.1) is 11.8 Å². The van der Waals surface area contributed by atoms with E-state index in [1.165, 1.54) is 46.7 Å². The highest BCUT2D eigenvalue weighted by Crippen LogP contribution is 2.35. The predicted octanol–water partition coefficient (Wildman–Crippen LogP) is 4.75. The Bertz CT molecular complexity index is 713. The quantitative estimate of drug-likeness (QED) is 0.849. The van der Waals surface area contributed by atoms with Gasteiger partial charge in [0, 0.05) is 33.9 Å². The summed E-state index contributed by atoms with van der Waals surface area (Å²) in [6, 6.07) is 15.9. The average Bonchev–Trinajstić information content (AvgIpc) is 3.08. The lowest BCUT2D eigenvalue weighted by Crippen LogP contribution is -2.43. The van der Waals surface area contributed by atoms with E-state index in [9.17, 15) is 0 Å². The van der Waals surface area contributed by atoms with Gasteiger partial charge in [0.2, 0.25) is 0 Å². The van der Waals surface area contributed by atoms with Crippen LogP contribution in [0.25, 0.3) is 0 Å². The maximum absolute atomic E-state index is 6.21. The Morgan fingerprint density at radius 1 is 1.12 bits per heavy atom. The number of nitrogens with zero attached hydrogens (tertiary/aromatic N) is 1. The molecule has 126 valence electrons. The van der Waals surface area contributed by atoms with E-state index in [4.69, 9.17) is 11.6 Å². The third-order valence-electron chi connectivity index (χ3n) is 5.00. The molecule has 0 aliphatic carbocycles. The second-order valence-corrected chi connectivity index (χ2v) is 8.20. The maximum atomic E-state index is 6.21. The molecule has 2 aromatic carbocycles. The van der Waals surface area contributed by atoms with Crippen LogP contribution in [0.5, 0.6) is 0 Å². The van der Waals surface area contributed by atoms with Crippen LogP contribution in [0.1, 0.15) is 24.0 Å². The fourth-order valence-corrected chi connectivity index (χ4v) is 5.00. The lowest BCUT2D eigenvalue weighted by atomic mass is 10.0. The summed E-state index contributed by atoms with van der Waals surface area (Å²) in [5, 5.41) is 4.31. The summed E-state index contributed by atoms with van der Waals surface area (Å²) in [5.41, 5.74) is 4.17. The molecular formula is C20H23ClN2S. The molecule has 0 atom stereocenters. The van der Waals surface area contributed by atoms with Crippen LogP contribution < -0.4 is 10.2 Å². The van der Waals surface area contributed by atoms with E-state index in [1.54, 1.807) is 0 Å². The lowest BCUT2D eigenvalue weighted by Gasteiger charge is -2.37. The summed E-state index contributed by atoms with van der Waals surface area (Å²) in [6.45, 7) is 3.15. The van der Waals surface area contributed by atoms with Gasteiger partial charge in [0.05, 0.1) is 0 Å².